The highest BCUT2D eigenvalue weighted by Gasteiger charge is 2.36. The van der Waals surface area contributed by atoms with Gasteiger partial charge in [-0.2, -0.15) is 0 Å². The fourth-order valence-corrected chi connectivity index (χ4v) is 5.50. The summed E-state index contributed by atoms with van der Waals surface area (Å²) in [7, 11) is 0. The van der Waals surface area contributed by atoms with E-state index in [0.29, 0.717) is 22.4 Å². The van der Waals surface area contributed by atoms with E-state index < -0.39 is 0 Å². The number of thioether (sulfide) groups is 1. The van der Waals surface area contributed by atoms with Crippen LogP contribution >= 0.6 is 35.0 Å². The fourth-order valence-electron chi connectivity index (χ4n) is 3.95. The Labute approximate surface area is 200 Å². The number of fused-ring (bicyclic) bond motifs is 1. The normalized spacial score (nSPS) is 16.0. The Bertz CT molecular complexity index is 1290. The molecule has 0 spiro atoms. The first kappa shape index (κ1) is 21.2. The van der Waals surface area contributed by atoms with Crippen LogP contribution in [0.4, 0.5) is 5.69 Å². The molecule has 1 saturated heterocycles. The molecule has 0 radical (unpaired) electrons. The number of halogens is 2. The van der Waals surface area contributed by atoms with Crippen LogP contribution in [-0.2, 0) is 11.4 Å². The second-order valence-electron chi connectivity index (χ2n) is 7.48. The SMILES string of the molecule is O=C1CS[C@H](c2c(OCc3ccccc3Cl)ccc3ccccc23)N1c1ccc(Cl)cc1. The van der Waals surface area contributed by atoms with Gasteiger partial charge in [0.05, 0.1) is 5.75 Å². The predicted octanol–water partition coefficient (Wildman–Crippen LogP) is 7.50. The van der Waals surface area contributed by atoms with Crippen LogP contribution in [0.15, 0.2) is 84.9 Å². The molecule has 3 nitrogen and oxygen atoms in total. The average molecular weight is 480 g/mol. The Hall–Kier alpha value is -2.66. The van der Waals surface area contributed by atoms with E-state index >= 15 is 0 Å². The zero-order valence-corrected chi connectivity index (χ0v) is 19.3. The summed E-state index contributed by atoms with van der Waals surface area (Å²) in [4.78, 5) is 14.8. The summed E-state index contributed by atoms with van der Waals surface area (Å²) in [5.74, 6) is 1.21. The van der Waals surface area contributed by atoms with Crippen LogP contribution < -0.4 is 9.64 Å². The minimum Gasteiger partial charge on any atom is -0.488 e. The Morgan fingerprint density at radius 3 is 2.47 bits per heavy atom. The molecule has 0 saturated carbocycles. The Morgan fingerprint density at radius 1 is 0.906 bits per heavy atom. The summed E-state index contributed by atoms with van der Waals surface area (Å²) >= 11 is 14.0. The Kier molecular flexibility index (Phi) is 6.01. The van der Waals surface area contributed by atoms with Gasteiger partial charge in [-0.25, -0.2) is 0 Å². The molecule has 1 heterocycles. The number of carbonyl (C=O) groups is 1. The Morgan fingerprint density at radius 2 is 1.66 bits per heavy atom. The van der Waals surface area contributed by atoms with Gasteiger partial charge in [0, 0.05) is 26.9 Å². The smallest absolute Gasteiger partial charge is 0.238 e. The van der Waals surface area contributed by atoms with Gasteiger partial charge in [-0.3, -0.25) is 9.69 Å². The number of rotatable bonds is 5. The van der Waals surface area contributed by atoms with Gasteiger partial charge in [0.25, 0.3) is 0 Å². The van der Waals surface area contributed by atoms with E-state index in [1.165, 1.54) is 0 Å². The number of ether oxygens (including phenoxy) is 1. The zero-order chi connectivity index (χ0) is 22.1. The van der Waals surface area contributed by atoms with Gasteiger partial charge in [-0.15, -0.1) is 11.8 Å². The van der Waals surface area contributed by atoms with Crippen LogP contribution in [-0.4, -0.2) is 11.7 Å². The van der Waals surface area contributed by atoms with Gasteiger partial charge in [0.15, 0.2) is 0 Å². The van der Waals surface area contributed by atoms with E-state index in [1.807, 2.05) is 71.6 Å². The highest BCUT2D eigenvalue weighted by Crippen LogP contribution is 2.47. The van der Waals surface area contributed by atoms with Crippen molar-refractivity contribution >= 4 is 57.3 Å². The largest absolute Gasteiger partial charge is 0.488 e. The molecule has 5 rings (SSSR count). The van der Waals surface area contributed by atoms with Crippen molar-refractivity contribution in [2.24, 2.45) is 0 Å². The van der Waals surface area contributed by atoms with Crippen molar-refractivity contribution in [3.8, 4) is 5.75 Å². The van der Waals surface area contributed by atoms with E-state index in [0.717, 1.165) is 33.3 Å². The molecule has 1 fully saturated rings. The lowest BCUT2D eigenvalue weighted by Gasteiger charge is -2.27. The third-order valence-corrected chi connectivity index (χ3v) is 7.29. The van der Waals surface area contributed by atoms with Gasteiger partial charge in [-0.1, -0.05) is 71.7 Å². The minimum atomic E-state index is -0.212. The number of carbonyl (C=O) groups excluding carboxylic acids is 1. The maximum atomic E-state index is 12.9. The molecule has 4 aromatic carbocycles. The number of hydrogen-bond acceptors (Lipinski definition) is 3. The van der Waals surface area contributed by atoms with Crippen LogP contribution in [0.1, 0.15) is 16.5 Å². The van der Waals surface area contributed by atoms with Crippen molar-refractivity contribution in [3.63, 3.8) is 0 Å². The predicted molar refractivity (Wildman–Crippen MR) is 134 cm³/mol. The molecule has 0 bridgehead atoms. The molecule has 160 valence electrons. The lowest BCUT2D eigenvalue weighted by Crippen LogP contribution is -2.28. The van der Waals surface area contributed by atoms with E-state index in [1.54, 1.807) is 11.8 Å². The van der Waals surface area contributed by atoms with Crippen molar-refractivity contribution in [1.29, 1.82) is 0 Å². The van der Waals surface area contributed by atoms with Crippen LogP contribution in [0.3, 0.4) is 0 Å². The molecule has 0 unspecified atom stereocenters. The number of amides is 1. The van der Waals surface area contributed by atoms with Gasteiger partial charge in [0.2, 0.25) is 5.91 Å². The lowest BCUT2D eigenvalue weighted by molar-refractivity contribution is -0.115. The summed E-state index contributed by atoms with van der Waals surface area (Å²) < 4.78 is 6.31. The zero-order valence-electron chi connectivity index (χ0n) is 17.0. The molecular weight excluding hydrogens is 461 g/mol. The molecule has 0 N–H and O–H groups in total. The molecule has 4 aromatic rings. The van der Waals surface area contributed by atoms with Crippen LogP contribution in [0, 0.1) is 0 Å². The van der Waals surface area contributed by atoms with Gasteiger partial charge in [0.1, 0.15) is 17.7 Å². The maximum Gasteiger partial charge on any atom is 0.238 e. The van der Waals surface area contributed by atoms with E-state index in [4.69, 9.17) is 27.9 Å². The molecule has 1 amide bonds. The van der Waals surface area contributed by atoms with Gasteiger partial charge >= 0.3 is 0 Å². The number of anilines is 1. The molecular formula is C26H19Cl2NO2S. The number of hydrogen-bond donors (Lipinski definition) is 0. The van der Waals surface area contributed by atoms with Crippen molar-refractivity contribution in [2.75, 3.05) is 10.7 Å². The van der Waals surface area contributed by atoms with Gasteiger partial charge in [-0.05, 0) is 47.2 Å². The van der Waals surface area contributed by atoms with E-state index in [9.17, 15) is 4.79 Å². The quantitative estimate of drug-likeness (QED) is 0.296. The minimum absolute atomic E-state index is 0.0623. The highest BCUT2D eigenvalue weighted by molar-refractivity contribution is 8.00. The molecule has 1 aliphatic heterocycles. The first-order chi connectivity index (χ1) is 15.6. The number of nitrogens with zero attached hydrogens (tertiary/aromatic N) is 1. The molecule has 0 aliphatic carbocycles. The summed E-state index contributed by atoms with van der Waals surface area (Å²) in [6.07, 6.45) is 0. The maximum absolute atomic E-state index is 12.9. The summed E-state index contributed by atoms with van der Waals surface area (Å²) in [6.45, 7) is 0.345. The van der Waals surface area contributed by atoms with Gasteiger partial charge < -0.3 is 4.74 Å². The highest BCUT2D eigenvalue weighted by atomic mass is 35.5. The standard InChI is InChI=1S/C26H19Cl2NO2S/c27-19-10-12-20(13-11-19)29-24(30)16-32-26(29)25-21-7-3-1-5-17(21)9-14-23(25)31-15-18-6-2-4-8-22(18)28/h1-14,26H,15-16H2/t26-/m1/s1. The van der Waals surface area contributed by atoms with E-state index in [2.05, 4.69) is 18.2 Å². The summed E-state index contributed by atoms with van der Waals surface area (Å²) in [6, 6.07) is 27.3. The van der Waals surface area contributed by atoms with E-state index in [-0.39, 0.29) is 11.3 Å². The monoisotopic (exact) mass is 479 g/mol. The topological polar surface area (TPSA) is 29.5 Å². The average Bonchev–Trinajstić information content (AvgIpc) is 3.19. The Balaban J connectivity index is 1.59. The van der Waals surface area contributed by atoms with Crippen molar-refractivity contribution < 1.29 is 9.53 Å². The molecule has 32 heavy (non-hydrogen) atoms. The van der Waals surface area contributed by atoms with Crippen molar-refractivity contribution in [1.82, 2.24) is 0 Å². The third kappa shape index (κ3) is 4.06. The molecule has 1 aliphatic rings. The van der Waals surface area contributed by atoms with Crippen molar-refractivity contribution in [2.45, 2.75) is 12.0 Å². The second-order valence-corrected chi connectivity index (χ2v) is 9.39. The third-order valence-electron chi connectivity index (χ3n) is 5.49. The number of benzene rings is 4. The lowest BCUT2D eigenvalue weighted by atomic mass is 10.0. The molecule has 0 aromatic heterocycles. The van der Waals surface area contributed by atoms with Crippen LogP contribution in [0.5, 0.6) is 5.75 Å². The summed E-state index contributed by atoms with van der Waals surface area (Å²) in [5, 5.41) is 3.26. The fraction of sp³-hybridized carbons (Fsp3) is 0.115. The molecule has 1 atom stereocenters. The second kappa shape index (κ2) is 9.07. The summed E-state index contributed by atoms with van der Waals surface area (Å²) in [5.41, 5.74) is 2.72. The van der Waals surface area contributed by atoms with Crippen LogP contribution in [0.2, 0.25) is 10.0 Å². The van der Waals surface area contributed by atoms with Crippen molar-refractivity contribution in [3.05, 3.63) is 106 Å². The van der Waals surface area contributed by atoms with Crippen LogP contribution in [0.25, 0.3) is 10.8 Å². The first-order valence-corrected chi connectivity index (χ1v) is 12.0. The first-order valence-electron chi connectivity index (χ1n) is 10.2. The molecule has 6 heteroatoms.